The average Bonchev–Trinajstić information content (AvgIpc) is 3.48. The third-order valence-electron chi connectivity index (χ3n) is 6.19. The molecule has 3 aromatic rings. The second kappa shape index (κ2) is 13.1. The monoisotopic (exact) mass is 453 g/mol. The molecule has 33 heavy (non-hydrogen) atoms. The van der Waals surface area contributed by atoms with Gasteiger partial charge < -0.3 is 24.4 Å². The number of aromatic amines is 1. The minimum atomic E-state index is 0.170. The van der Waals surface area contributed by atoms with E-state index in [2.05, 4.69) is 43.2 Å². The fourth-order valence-electron chi connectivity index (χ4n) is 4.03. The largest absolute Gasteiger partial charge is 0.504 e. The molecular formula is C28H39NO4. The number of rotatable bonds is 15. The predicted molar refractivity (Wildman–Crippen MR) is 132 cm³/mol. The summed E-state index contributed by atoms with van der Waals surface area (Å²) < 4.78 is 11.8. The Morgan fingerprint density at radius 3 is 2.58 bits per heavy atom. The van der Waals surface area contributed by atoms with Gasteiger partial charge in [-0.2, -0.15) is 0 Å². The maximum absolute atomic E-state index is 10.2. The zero-order valence-electron chi connectivity index (χ0n) is 20.1. The number of ether oxygens (including phenoxy) is 1. The molecule has 0 aliphatic rings. The van der Waals surface area contributed by atoms with Crippen LogP contribution in [-0.2, 0) is 25.7 Å². The van der Waals surface area contributed by atoms with Crippen molar-refractivity contribution in [3.63, 3.8) is 0 Å². The lowest BCUT2D eigenvalue weighted by Crippen LogP contribution is -2.02. The molecule has 0 fully saturated rings. The Bertz CT molecular complexity index is 958. The van der Waals surface area contributed by atoms with E-state index >= 15 is 0 Å². The van der Waals surface area contributed by atoms with Crippen molar-refractivity contribution in [2.24, 2.45) is 0 Å². The fraction of sp³-hybridized carbons (Fsp3) is 0.500. The van der Waals surface area contributed by atoms with Crippen molar-refractivity contribution in [2.75, 3.05) is 13.2 Å². The normalized spacial score (nSPS) is 12.2. The lowest BCUT2D eigenvalue weighted by molar-refractivity contribution is 0.281. The van der Waals surface area contributed by atoms with Crippen LogP contribution in [-0.4, -0.2) is 28.4 Å². The Morgan fingerprint density at radius 2 is 1.79 bits per heavy atom. The molecule has 0 saturated carbocycles. The fourth-order valence-corrected chi connectivity index (χ4v) is 4.03. The minimum absolute atomic E-state index is 0.170. The molecule has 1 unspecified atom stereocenters. The number of aliphatic hydroxyl groups is 1. The summed E-state index contributed by atoms with van der Waals surface area (Å²) in [6.07, 6.45) is 10.8. The summed E-state index contributed by atoms with van der Waals surface area (Å²) >= 11 is 0. The van der Waals surface area contributed by atoms with Crippen molar-refractivity contribution < 1.29 is 19.4 Å². The van der Waals surface area contributed by atoms with Gasteiger partial charge >= 0.3 is 0 Å². The number of benzene rings is 1. The number of phenols is 1. The standard InChI is InChI=1S/C28H39NO4/c1-3-4-8-25-12-13-26(33-25)11-9-22-10-14-27(31)28(18-22)32-17-15-24-19-23(20-29-24)21(2)7-5-6-16-30/h10,12-14,18-21,29-31H,3-9,11,15-17H2,1-2H3. The van der Waals surface area contributed by atoms with Gasteiger partial charge in [-0.05, 0) is 73.1 Å². The predicted octanol–water partition coefficient (Wildman–Crippen LogP) is 6.33. The van der Waals surface area contributed by atoms with Gasteiger partial charge in [-0.25, -0.2) is 0 Å². The minimum Gasteiger partial charge on any atom is -0.504 e. The van der Waals surface area contributed by atoms with E-state index in [0.29, 0.717) is 18.3 Å². The molecular weight excluding hydrogens is 414 g/mol. The maximum atomic E-state index is 10.2. The first-order valence-corrected chi connectivity index (χ1v) is 12.4. The second-order valence-corrected chi connectivity index (χ2v) is 8.95. The molecule has 5 nitrogen and oxygen atoms in total. The summed E-state index contributed by atoms with van der Waals surface area (Å²) in [6, 6.07) is 11.9. The number of aliphatic hydroxyl groups excluding tert-OH is 1. The number of aromatic hydroxyl groups is 1. The summed E-state index contributed by atoms with van der Waals surface area (Å²) in [5, 5.41) is 19.2. The molecule has 0 spiro atoms. The lowest BCUT2D eigenvalue weighted by atomic mass is 9.97. The van der Waals surface area contributed by atoms with Crippen LogP contribution in [0.5, 0.6) is 11.5 Å². The topological polar surface area (TPSA) is 78.6 Å². The van der Waals surface area contributed by atoms with Crippen molar-refractivity contribution in [1.29, 1.82) is 0 Å². The van der Waals surface area contributed by atoms with Crippen molar-refractivity contribution >= 4 is 0 Å². The zero-order valence-corrected chi connectivity index (χ0v) is 20.1. The van der Waals surface area contributed by atoms with Crippen molar-refractivity contribution in [2.45, 2.75) is 77.6 Å². The van der Waals surface area contributed by atoms with E-state index in [1.165, 1.54) is 12.0 Å². The van der Waals surface area contributed by atoms with Gasteiger partial charge in [-0.1, -0.05) is 32.8 Å². The number of H-pyrrole nitrogens is 1. The highest BCUT2D eigenvalue weighted by molar-refractivity contribution is 5.42. The second-order valence-electron chi connectivity index (χ2n) is 8.95. The molecule has 3 rings (SSSR count). The van der Waals surface area contributed by atoms with Gasteiger partial charge in [-0.3, -0.25) is 0 Å². The van der Waals surface area contributed by atoms with Gasteiger partial charge in [-0.15, -0.1) is 0 Å². The zero-order chi connectivity index (χ0) is 23.5. The molecule has 5 heteroatoms. The Morgan fingerprint density at radius 1 is 0.970 bits per heavy atom. The van der Waals surface area contributed by atoms with Gasteiger partial charge in [0, 0.05) is 37.8 Å². The number of hydrogen-bond acceptors (Lipinski definition) is 4. The van der Waals surface area contributed by atoms with Crippen LogP contribution >= 0.6 is 0 Å². The average molecular weight is 454 g/mol. The first-order valence-electron chi connectivity index (χ1n) is 12.4. The number of unbranched alkanes of at least 4 members (excludes halogenated alkanes) is 2. The van der Waals surface area contributed by atoms with Crippen molar-refractivity contribution in [3.8, 4) is 11.5 Å². The van der Waals surface area contributed by atoms with Crippen LogP contribution < -0.4 is 4.74 Å². The third-order valence-corrected chi connectivity index (χ3v) is 6.19. The highest BCUT2D eigenvalue weighted by Crippen LogP contribution is 2.28. The Kier molecular flexibility index (Phi) is 9.95. The van der Waals surface area contributed by atoms with Crippen LogP contribution in [0.1, 0.15) is 80.2 Å². The molecule has 0 aliphatic carbocycles. The van der Waals surface area contributed by atoms with Crippen LogP contribution in [0.3, 0.4) is 0 Å². The van der Waals surface area contributed by atoms with E-state index < -0.39 is 0 Å². The number of hydrogen-bond donors (Lipinski definition) is 3. The van der Waals surface area contributed by atoms with Gasteiger partial charge in [0.05, 0.1) is 6.61 Å². The van der Waals surface area contributed by atoms with Gasteiger partial charge in [0.2, 0.25) is 0 Å². The smallest absolute Gasteiger partial charge is 0.161 e. The lowest BCUT2D eigenvalue weighted by Gasteiger charge is -2.10. The number of nitrogens with one attached hydrogen (secondary N) is 1. The van der Waals surface area contributed by atoms with Crippen molar-refractivity contribution in [3.05, 3.63) is 70.9 Å². The van der Waals surface area contributed by atoms with Crippen LogP contribution in [0.25, 0.3) is 0 Å². The van der Waals surface area contributed by atoms with Crippen LogP contribution in [0.2, 0.25) is 0 Å². The molecule has 1 aromatic carbocycles. The Hall–Kier alpha value is -2.66. The van der Waals surface area contributed by atoms with E-state index in [9.17, 15) is 5.11 Å². The molecule has 0 aliphatic heterocycles. The van der Waals surface area contributed by atoms with E-state index in [1.54, 1.807) is 6.07 Å². The van der Waals surface area contributed by atoms with Gasteiger partial charge in [0.25, 0.3) is 0 Å². The molecule has 0 saturated heterocycles. The third kappa shape index (κ3) is 8.01. The summed E-state index contributed by atoms with van der Waals surface area (Å²) in [6.45, 7) is 5.17. The number of aryl methyl sites for hydroxylation is 3. The summed E-state index contributed by atoms with van der Waals surface area (Å²) in [7, 11) is 0. The summed E-state index contributed by atoms with van der Waals surface area (Å²) in [4.78, 5) is 3.34. The highest BCUT2D eigenvalue weighted by atomic mass is 16.5. The molecule has 2 aromatic heterocycles. The van der Waals surface area contributed by atoms with Gasteiger partial charge in [0.15, 0.2) is 11.5 Å². The summed E-state index contributed by atoms with van der Waals surface area (Å²) in [5.74, 6) is 3.24. The van der Waals surface area contributed by atoms with Crippen LogP contribution in [0.4, 0.5) is 0 Å². The molecule has 0 bridgehead atoms. The SMILES string of the molecule is CCCCc1ccc(CCc2ccc(O)c(OCCc3cc(C(C)CCCCO)c[nH]3)c2)o1. The van der Waals surface area contributed by atoms with Crippen LogP contribution in [0.15, 0.2) is 47.0 Å². The Balaban J connectivity index is 1.46. The molecule has 1 atom stereocenters. The molecule has 0 radical (unpaired) electrons. The maximum Gasteiger partial charge on any atom is 0.161 e. The molecule has 2 heterocycles. The number of phenolic OH excluding ortho intramolecular Hbond substituents is 1. The van der Waals surface area contributed by atoms with Crippen LogP contribution in [0, 0.1) is 0 Å². The highest BCUT2D eigenvalue weighted by Gasteiger charge is 2.10. The van der Waals surface area contributed by atoms with E-state index in [4.69, 9.17) is 14.3 Å². The van der Waals surface area contributed by atoms with E-state index in [-0.39, 0.29) is 12.4 Å². The first-order chi connectivity index (χ1) is 16.1. The first kappa shape index (κ1) is 25.0. The van der Waals surface area contributed by atoms with Gasteiger partial charge in [0.1, 0.15) is 11.5 Å². The quantitative estimate of drug-likeness (QED) is 0.235. The molecule has 0 amide bonds. The molecule has 180 valence electrons. The molecule has 3 N–H and O–H groups in total. The summed E-state index contributed by atoms with van der Waals surface area (Å²) in [5.41, 5.74) is 3.54. The number of aromatic nitrogens is 1. The Labute approximate surface area is 197 Å². The van der Waals surface area contributed by atoms with E-state index in [1.807, 2.05) is 12.1 Å². The van der Waals surface area contributed by atoms with E-state index in [0.717, 1.165) is 74.1 Å². The number of furan rings is 1. The van der Waals surface area contributed by atoms with Crippen molar-refractivity contribution in [1.82, 2.24) is 4.98 Å².